The van der Waals surface area contributed by atoms with Gasteiger partial charge in [0.05, 0.1) is 6.54 Å². The highest BCUT2D eigenvalue weighted by molar-refractivity contribution is 5.97. The van der Waals surface area contributed by atoms with E-state index in [0.29, 0.717) is 12.4 Å². The van der Waals surface area contributed by atoms with Gasteiger partial charge < -0.3 is 15.4 Å². The van der Waals surface area contributed by atoms with Crippen LogP contribution in [0.3, 0.4) is 0 Å². The number of hydrogen-bond acceptors (Lipinski definition) is 4. The van der Waals surface area contributed by atoms with Crippen LogP contribution in [0.25, 0.3) is 0 Å². The molecule has 1 aliphatic heterocycles. The molecule has 0 aromatic heterocycles. The molecule has 4 heteroatoms. The smallest absolute Gasteiger partial charge is 0.126 e. The first-order chi connectivity index (χ1) is 13.3. The number of ether oxygens (including phenoxy) is 1. The van der Waals surface area contributed by atoms with Crippen LogP contribution in [0.1, 0.15) is 31.9 Å². The van der Waals surface area contributed by atoms with Gasteiger partial charge in [-0.3, -0.25) is 4.99 Å². The summed E-state index contributed by atoms with van der Waals surface area (Å²) in [4.78, 5) is 4.53. The van der Waals surface area contributed by atoms with Crippen molar-refractivity contribution in [3.8, 4) is 5.75 Å². The zero-order valence-corrected chi connectivity index (χ0v) is 17.2. The topological polar surface area (TPSA) is 45.7 Å². The SMILES string of the molecule is C=C(NC1=NCC(C(C)(C)C)=C1)Nc1ccc(OCc2cccc(C)c2)cc1. The van der Waals surface area contributed by atoms with Gasteiger partial charge in [-0.15, -0.1) is 0 Å². The zero-order chi connectivity index (χ0) is 20.1. The van der Waals surface area contributed by atoms with Crippen molar-refractivity contribution in [1.29, 1.82) is 0 Å². The van der Waals surface area contributed by atoms with Gasteiger partial charge in [0.25, 0.3) is 0 Å². The summed E-state index contributed by atoms with van der Waals surface area (Å²) in [5, 5.41) is 6.49. The molecule has 0 fully saturated rings. The molecule has 2 N–H and O–H groups in total. The lowest BCUT2D eigenvalue weighted by molar-refractivity contribution is 0.306. The van der Waals surface area contributed by atoms with Crippen LogP contribution in [0.4, 0.5) is 5.69 Å². The molecule has 0 saturated heterocycles. The molecule has 1 aliphatic rings. The van der Waals surface area contributed by atoms with Crippen molar-refractivity contribution < 1.29 is 4.74 Å². The molecule has 0 aliphatic carbocycles. The third kappa shape index (κ3) is 5.49. The van der Waals surface area contributed by atoms with Crippen molar-refractivity contribution in [2.45, 2.75) is 34.3 Å². The molecule has 0 unspecified atom stereocenters. The van der Waals surface area contributed by atoms with Crippen LogP contribution < -0.4 is 15.4 Å². The van der Waals surface area contributed by atoms with Crippen LogP contribution >= 0.6 is 0 Å². The van der Waals surface area contributed by atoms with E-state index in [9.17, 15) is 0 Å². The second-order valence-corrected chi connectivity index (χ2v) is 8.15. The number of hydrogen-bond donors (Lipinski definition) is 2. The summed E-state index contributed by atoms with van der Waals surface area (Å²) in [5.74, 6) is 2.38. The highest BCUT2D eigenvalue weighted by atomic mass is 16.5. The molecule has 1 heterocycles. The number of benzene rings is 2. The maximum Gasteiger partial charge on any atom is 0.126 e. The average molecular weight is 376 g/mol. The summed E-state index contributed by atoms with van der Waals surface area (Å²) in [5.41, 5.74) is 4.80. The van der Waals surface area contributed by atoms with Gasteiger partial charge in [0, 0.05) is 5.69 Å². The molecule has 0 bridgehead atoms. The molecule has 2 aromatic rings. The van der Waals surface area contributed by atoms with Crippen LogP contribution in [0.5, 0.6) is 5.75 Å². The Kier molecular flexibility index (Phi) is 5.88. The first kappa shape index (κ1) is 19.7. The Balaban J connectivity index is 1.50. The van der Waals surface area contributed by atoms with E-state index in [-0.39, 0.29) is 5.41 Å². The van der Waals surface area contributed by atoms with Gasteiger partial charge in [-0.25, -0.2) is 0 Å². The summed E-state index contributed by atoms with van der Waals surface area (Å²) >= 11 is 0. The molecule has 0 amide bonds. The highest BCUT2D eigenvalue weighted by Crippen LogP contribution is 2.27. The van der Waals surface area contributed by atoms with Crippen molar-refractivity contribution in [3.05, 3.63) is 83.7 Å². The molecule has 0 radical (unpaired) electrons. The average Bonchev–Trinajstić information content (AvgIpc) is 3.10. The van der Waals surface area contributed by atoms with Gasteiger partial charge in [-0.05, 0) is 53.8 Å². The minimum absolute atomic E-state index is 0.135. The molecule has 2 aromatic carbocycles. The van der Waals surface area contributed by atoms with Crippen LogP contribution in [0.15, 0.2) is 77.6 Å². The number of anilines is 1. The Morgan fingerprint density at radius 3 is 2.50 bits per heavy atom. The number of rotatable bonds is 6. The van der Waals surface area contributed by atoms with Gasteiger partial charge >= 0.3 is 0 Å². The molecular formula is C24H29N3O. The van der Waals surface area contributed by atoms with E-state index < -0.39 is 0 Å². The second-order valence-electron chi connectivity index (χ2n) is 8.15. The molecule has 3 rings (SSSR count). The second kappa shape index (κ2) is 8.34. The Morgan fingerprint density at radius 2 is 1.86 bits per heavy atom. The lowest BCUT2D eigenvalue weighted by Crippen LogP contribution is -2.24. The van der Waals surface area contributed by atoms with E-state index in [2.05, 4.69) is 74.2 Å². The molecule has 4 nitrogen and oxygen atoms in total. The Morgan fingerprint density at radius 1 is 1.11 bits per heavy atom. The summed E-state index contributed by atoms with van der Waals surface area (Å²) in [6, 6.07) is 16.2. The third-order valence-corrected chi connectivity index (χ3v) is 4.61. The third-order valence-electron chi connectivity index (χ3n) is 4.61. The predicted octanol–water partition coefficient (Wildman–Crippen LogP) is 5.43. The minimum Gasteiger partial charge on any atom is -0.489 e. The predicted molar refractivity (Wildman–Crippen MR) is 118 cm³/mol. The fraction of sp³-hybridized carbons (Fsp3) is 0.292. The number of aliphatic imine (C=N–C) groups is 1. The van der Waals surface area contributed by atoms with E-state index in [0.717, 1.165) is 23.8 Å². The lowest BCUT2D eigenvalue weighted by Gasteiger charge is -2.18. The number of amidine groups is 1. The quantitative estimate of drug-likeness (QED) is 0.707. The van der Waals surface area contributed by atoms with Crippen molar-refractivity contribution in [2.24, 2.45) is 10.4 Å². The standard InChI is InChI=1S/C24H29N3O/c1-17-7-6-8-19(13-17)16-28-22-11-9-21(10-12-22)26-18(2)27-23-14-20(15-25-23)24(3,4)5/h6-14,26H,2,15-16H2,1,3-5H3,(H,25,27). The summed E-state index contributed by atoms with van der Waals surface area (Å²) in [6.07, 6.45) is 2.11. The molecular weight excluding hydrogens is 346 g/mol. The number of nitrogens with zero attached hydrogens (tertiary/aromatic N) is 1. The first-order valence-corrected chi connectivity index (χ1v) is 9.56. The van der Waals surface area contributed by atoms with Crippen molar-refractivity contribution in [2.75, 3.05) is 11.9 Å². The van der Waals surface area contributed by atoms with Crippen molar-refractivity contribution >= 4 is 11.5 Å². The minimum atomic E-state index is 0.135. The first-order valence-electron chi connectivity index (χ1n) is 9.56. The van der Waals surface area contributed by atoms with Crippen LogP contribution in [0, 0.1) is 12.3 Å². The molecule has 0 spiro atoms. The monoisotopic (exact) mass is 375 g/mol. The normalized spacial score (nSPS) is 13.6. The van der Waals surface area contributed by atoms with Gasteiger partial charge in [0.15, 0.2) is 0 Å². The van der Waals surface area contributed by atoms with E-state index in [1.165, 1.54) is 16.7 Å². The van der Waals surface area contributed by atoms with Gasteiger partial charge in [0.1, 0.15) is 24.0 Å². The maximum absolute atomic E-state index is 5.87. The number of aryl methyl sites for hydroxylation is 1. The fourth-order valence-electron chi connectivity index (χ4n) is 2.92. The summed E-state index contributed by atoms with van der Waals surface area (Å²) in [6.45, 7) is 14.0. The van der Waals surface area contributed by atoms with Crippen LogP contribution in [0.2, 0.25) is 0 Å². The van der Waals surface area contributed by atoms with E-state index in [1.54, 1.807) is 0 Å². The van der Waals surface area contributed by atoms with Crippen LogP contribution in [-0.2, 0) is 6.61 Å². The Hall–Kier alpha value is -3.01. The van der Waals surface area contributed by atoms with E-state index in [1.807, 2.05) is 30.3 Å². The molecule has 0 atom stereocenters. The maximum atomic E-state index is 5.87. The lowest BCUT2D eigenvalue weighted by atomic mass is 9.87. The molecule has 0 saturated carbocycles. The van der Waals surface area contributed by atoms with Crippen molar-refractivity contribution in [3.63, 3.8) is 0 Å². The van der Waals surface area contributed by atoms with Gasteiger partial charge in [-0.2, -0.15) is 0 Å². The zero-order valence-electron chi connectivity index (χ0n) is 17.2. The van der Waals surface area contributed by atoms with Gasteiger partial charge in [0.2, 0.25) is 0 Å². The summed E-state index contributed by atoms with van der Waals surface area (Å²) in [7, 11) is 0. The van der Waals surface area contributed by atoms with Crippen LogP contribution in [-0.4, -0.2) is 12.4 Å². The molecule has 28 heavy (non-hydrogen) atoms. The van der Waals surface area contributed by atoms with E-state index in [4.69, 9.17) is 4.74 Å². The fourth-order valence-corrected chi connectivity index (χ4v) is 2.92. The summed E-state index contributed by atoms with van der Waals surface area (Å²) < 4.78 is 5.87. The highest BCUT2D eigenvalue weighted by Gasteiger charge is 2.20. The van der Waals surface area contributed by atoms with Crippen molar-refractivity contribution in [1.82, 2.24) is 5.32 Å². The van der Waals surface area contributed by atoms with Gasteiger partial charge in [-0.1, -0.05) is 57.2 Å². The number of nitrogens with one attached hydrogen (secondary N) is 2. The largest absolute Gasteiger partial charge is 0.489 e. The van der Waals surface area contributed by atoms with E-state index >= 15 is 0 Å². The Labute approximate surface area is 168 Å². The molecule has 146 valence electrons. The Bertz CT molecular complexity index is 902.